The third-order valence-corrected chi connectivity index (χ3v) is 10.6. The summed E-state index contributed by atoms with van der Waals surface area (Å²) in [5.74, 6) is -2.08. The SMILES string of the molecule is N=C1N=C2C(N=CN2C2OC3COP(=O)(O)NC4C(COP(O)(=S)OC2C3CO)OC(n2cnc3c(N)ncnc32)C4F)C(=O)N1. The lowest BCUT2D eigenvalue weighted by atomic mass is 9.99. The molecular weight excluding hydrogens is 679 g/mol. The third-order valence-electron chi connectivity index (χ3n) is 7.92. The van der Waals surface area contributed by atoms with Crippen LogP contribution in [0.1, 0.15) is 6.23 Å². The molecule has 3 fully saturated rings. The highest BCUT2D eigenvalue weighted by atomic mass is 32.5. The van der Waals surface area contributed by atoms with E-state index in [0.717, 1.165) is 6.33 Å². The van der Waals surface area contributed by atoms with Crippen LogP contribution in [0.4, 0.5) is 10.2 Å². The summed E-state index contributed by atoms with van der Waals surface area (Å²) in [5.41, 5.74) is 6.15. The van der Waals surface area contributed by atoms with Gasteiger partial charge in [0.25, 0.3) is 5.91 Å². The number of nitrogens with one attached hydrogen (secondary N) is 3. The second kappa shape index (κ2) is 11.6. The summed E-state index contributed by atoms with van der Waals surface area (Å²) in [4.78, 5) is 55.7. The molecule has 248 valence electrons. The van der Waals surface area contributed by atoms with Crippen LogP contribution in [0.5, 0.6) is 0 Å². The molecule has 7 rings (SSSR count). The number of nitrogens with zero attached hydrogens (tertiary/aromatic N) is 7. The lowest BCUT2D eigenvalue weighted by molar-refractivity contribution is -0.119. The predicted molar refractivity (Wildman–Crippen MR) is 155 cm³/mol. The van der Waals surface area contributed by atoms with Gasteiger partial charge < -0.3 is 39.1 Å². The summed E-state index contributed by atoms with van der Waals surface area (Å²) in [6.07, 6.45) is -4.99. The first-order valence-electron chi connectivity index (χ1n) is 13.5. The van der Waals surface area contributed by atoms with Crippen molar-refractivity contribution in [3.8, 4) is 0 Å². The van der Waals surface area contributed by atoms with Crippen LogP contribution in [0, 0.1) is 11.3 Å². The minimum atomic E-state index is -4.83. The molecule has 5 aliphatic rings. The number of ether oxygens (including phenoxy) is 2. The summed E-state index contributed by atoms with van der Waals surface area (Å²) in [5, 5.41) is 22.6. The first kappa shape index (κ1) is 31.7. The summed E-state index contributed by atoms with van der Waals surface area (Å²) in [7, 11) is -4.83. The molecule has 0 spiro atoms. The number of carbonyl (C=O) groups is 1. The van der Waals surface area contributed by atoms with Crippen LogP contribution in [-0.2, 0) is 44.2 Å². The number of halogens is 1. The Morgan fingerprint density at radius 2 is 1.93 bits per heavy atom. The van der Waals surface area contributed by atoms with Crippen molar-refractivity contribution in [2.75, 3.05) is 25.6 Å². The number of aliphatic hydroxyl groups is 1. The van der Waals surface area contributed by atoms with E-state index in [1.165, 1.54) is 22.1 Å². The molecule has 11 unspecified atom stereocenters. The lowest BCUT2D eigenvalue weighted by Crippen LogP contribution is -2.53. The lowest BCUT2D eigenvalue weighted by Gasteiger charge is -2.32. The van der Waals surface area contributed by atoms with Crippen molar-refractivity contribution in [1.82, 2.24) is 34.8 Å². The van der Waals surface area contributed by atoms with Gasteiger partial charge in [-0.3, -0.25) is 34.5 Å². The standard InChI is InChI=1S/C21H26FN11O10P2S/c22-10-11-9(42-19(10)32-5-27-12-15(23)25-4-26-16(12)32)3-40-45(38,46)43-14-7(1-34)8(2-39-44(36,37)31-11)41-20(14)33-6-28-13-17(33)29-21(24)30-18(13)35/h4-11,13-14,19-20,34H,1-3H2,(H,38,46)(H2,23,25,26)(H2,24,30,35)(H2,31,36,37). The summed E-state index contributed by atoms with van der Waals surface area (Å²) in [6.45, 7) is -6.16. The highest BCUT2D eigenvalue weighted by Crippen LogP contribution is 2.52. The van der Waals surface area contributed by atoms with Crippen LogP contribution < -0.4 is 16.1 Å². The molecular formula is C21H26FN11O10P2S. The van der Waals surface area contributed by atoms with Gasteiger partial charge in [0.2, 0.25) is 5.96 Å². The Hall–Kier alpha value is -2.92. The maximum atomic E-state index is 16.0. The van der Waals surface area contributed by atoms with Crippen molar-refractivity contribution < 1.29 is 51.7 Å². The Morgan fingerprint density at radius 1 is 1.17 bits per heavy atom. The Morgan fingerprint density at radius 3 is 2.72 bits per heavy atom. The molecule has 21 nitrogen and oxygen atoms in total. The van der Waals surface area contributed by atoms with Gasteiger partial charge in [-0.2, -0.15) is 4.99 Å². The van der Waals surface area contributed by atoms with Gasteiger partial charge in [-0.15, -0.1) is 0 Å². The number of guanidine groups is 1. The van der Waals surface area contributed by atoms with E-state index in [2.05, 4.69) is 35.3 Å². The molecule has 2 bridgehead atoms. The van der Waals surface area contributed by atoms with Gasteiger partial charge in [0, 0.05) is 5.92 Å². The molecule has 3 saturated heterocycles. The number of aliphatic hydroxyl groups excluding tert-OH is 1. The number of imidazole rings is 1. The number of alkyl halides is 1. The van der Waals surface area contributed by atoms with Crippen molar-refractivity contribution in [3.05, 3.63) is 12.7 Å². The number of aromatic nitrogens is 4. The molecule has 0 saturated carbocycles. The fraction of sp³-hybridized carbons (Fsp3) is 0.571. The molecule has 0 aromatic carbocycles. The van der Waals surface area contributed by atoms with E-state index in [4.69, 9.17) is 46.0 Å². The number of nitrogens with two attached hydrogens (primary N) is 1. The maximum Gasteiger partial charge on any atom is 0.403 e. The Kier molecular flexibility index (Phi) is 8.02. The second-order valence-corrected chi connectivity index (χ2v) is 15.0. The van der Waals surface area contributed by atoms with Crippen molar-refractivity contribution in [1.29, 1.82) is 5.41 Å². The average Bonchev–Trinajstić information content (AvgIpc) is 3.75. The van der Waals surface area contributed by atoms with Crippen LogP contribution in [0.25, 0.3) is 11.2 Å². The van der Waals surface area contributed by atoms with E-state index in [9.17, 15) is 24.3 Å². The average molecular weight is 706 g/mol. The molecule has 2 aromatic rings. The fourth-order valence-corrected chi connectivity index (χ4v) is 8.35. The van der Waals surface area contributed by atoms with Gasteiger partial charge in [-0.25, -0.2) is 29.0 Å². The topological polar surface area (TPSA) is 286 Å². The minimum Gasteiger partial charge on any atom is -0.396 e. The van der Waals surface area contributed by atoms with Gasteiger partial charge in [0.15, 0.2) is 42.0 Å². The van der Waals surface area contributed by atoms with Crippen LogP contribution in [-0.4, -0.2) is 126 Å². The van der Waals surface area contributed by atoms with Gasteiger partial charge in [-0.1, -0.05) is 0 Å². The molecule has 2 aromatic heterocycles. The molecule has 1 amide bonds. The predicted octanol–water partition coefficient (Wildman–Crippen LogP) is -2.14. The highest BCUT2D eigenvalue weighted by molar-refractivity contribution is 8.07. The summed E-state index contributed by atoms with van der Waals surface area (Å²) in [6, 6.07) is -2.66. The molecule has 5 aliphatic heterocycles. The van der Waals surface area contributed by atoms with Crippen LogP contribution in [0.15, 0.2) is 22.6 Å². The second-order valence-electron chi connectivity index (χ2n) is 10.7. The quantitative estimate of drug-likeness (QED) is 0.168. The molecule has 11 atom stereocenters. The van der Waals surface area contributed by atoms with Crippen LogP contribution >= 0.6 is 14.5 Å². The number of carbonyl (C=O) groups excluding carboxylic acids is 1. The maximum absolute atomic E-state index is 16.0. The number of fused-ring (bicyclic) bond motifs is 5. The normalized spacial score (nSPS) is 41.3. The van der Waals surface area contributed by atoms with E-state index in [-0.39, 0.29) is 22.8 Å². The smallest absolute Gasteiger partial charge is 0.396 e. The van der Waals surface area contributed by atoms with Crippen molar-refractivity contribution >= 4 is 67.3 Å². The Balaban J connectivity index is 1.19. The number of nitrogen functional groups attached to an aromatic ring is 1. The van der Waals surface area contributed by atoms with E-state index in [0.29, 0.717) is 0 Å². The molecule has 25 heteroatoms. The summed E-state index contributed by atoms with van der Waals surface area (Å²) >= 11 is 5.28. The first-order valence-corrected chi connectivity index (χ1v) is 17.7. The fourth-order valence-electron chi connectivity index (χ4n) is 5.80. The van der Waals surface area contributed by atoms with Crippen LogP contribution in [0.3, 0.4) is 0 Å². The number of amidine groups is 1. The molecule has 46 heavy (non-hydrogen) atoms. The monoisotopic (exact) mass is 705 g/mol. The number of aliphatic imine (C=N–C) groups is 2. The molecule has 7 heterocycles. The van der Waals surface area contributed by atoms with Crippen LogP contribution in [0.2, 0.25) is 0 Å². The van der Waals surface area contributed by atoms with Crippen molar-refractivity contribution in [2.45, 2.75) is 49.0 Å². The molecule has 0 radical (unpaired) electrons. The summed E-state index contributed by atoms with van der Waals surface area (Å²) < 4.78 is 59.2. The van der Waals surface area contributed by atoms with E-state index in [1.54, 1.807) is 0 Å². The zero-order valence-electron chi connectivity index (χ0n) is 23.1. The van der Waals surface area contributed by atoms with Gasteiger partial charge in [0.05, 0.1) is 44.6 Å². The number of hydrogen-bond donors (Lipinski definition) is 7. The first-order chi connectivity index (χ1) is 21.9. The van der Waals surface area contributed by atoms with Gasteiger partial charge in [-0.05, 0) is 11.8 Å². The van der Waals surface area contributed by atoms with E-state index in [1.807, 2.05) is 0 Å². The highest BCUT2D eigenvalue weighted by Gasteiger charge is 2.55. The largest absolute Gasteiger partial charge is 0.403 e. The van der Waals surface area contributed by atoms with Crippen molar-refractivity contribution in [3.63, 3.8) is 0 Å². The minimum absolute atomic E-state index is 0.00494. The number of amides is 1. The molecule has 0 aliphatic carbocycles. The third kappa shape index (κ3) is 5.55. The number of hydrogen-bond acceptors (Lipinski definition) is 16. The molecule has 8 N–H and O–H groups in total. The van der Waals surface area contributed by atoms with Gasteiger partial charge >= 0.3 is 14.5 Å². The number of rotatable bonds is 3. The zero-order valence-corrected chi connectivity index (χ0v) is 25.7. The Labute approximate surface area is 262 Å². The van der Waals surface area contributed by atoms with Gasteiger partial charge in [0.1, 0.15) is 24.1 Å². The van der Waals surface area contributed by atoms with E-state index < -0.39 is 101 Å². The Bertz CT molecular complexity index is 1750. The van der Waals surface area contributed by atoms with Crippen molar-refractivity contribution in [2.24, 2.45) is 15.9 Å². The number of anilines is 1. The zero-order chi connectivity index (χ0) is 32.5. The van der Waals surface area contributed by atoms with E-state index >= 15 is 4.39 Å².